The van der Waals surface area contributed by atoms with Crippen LogP contribution in [0.1, 0.15) is 37.6 Å². The molecule has 0 fully saturated rings. The predicted molar refractivity (Wildman–Crippen MR) is 69.6 cm³/mol. The van der Waals surface area contributed by atoms with Gasteiger partial charge in [0.25, 0.3) is 5.69 Å². The number of nitro groups is 1. The summed E-state index contributed by atoms with van der Waals surface area (Å²) in [6.07, 6.45) is 0.631. The van der Waals surface area contributed by atoms with Gasteiger partial charge in [-0.1, -0.05) is 20.8 Å². The zero-order chi connectivity index (χ0) is 15.5. The third kappa shape index (κ3) is 4.18. The van der Waals surface area contributed by atoms with Crippen LogP contribution < -0.4 is 4.74 Å². The third-order valence-corrected chi connectivity index (χ3v) is 2.59. The lowest BCUT2D eigenvalue weighted by Crippen LogP contribution is -2.12. The van der Waals surface area contributed by atoms with Crippen LogP contribution in [0.3, 0.4) is 0 Å². The lowest BCUT2D eigenvalue weighted by molar-refractivity contribution is -0.385. The van der Waals surface area contributed by atoms with Gasteiger partial charge in [0.2, 0.25) is 0 Å². The summed E-state index contributed by atoms with van der Waals surface area (Å²) in [6, 6.07) is 1.41. The lowest BCUT2D eigenvalue weighted by atomic mass is 9.93. The molecule has 1 N–H and O–H groups in total. The second-order valence-corrected chi connectivity index (χ2v) is 5.52. The fourth-order valence-electron chi connectivity index (χ4n) is 1.44. The molecule has 7 heteroatoms. The molecule has 0 saturated heterocycles. The Hall–Kier alpha value is -2.18. The summed E-state index contributed by atoms with van der Waals surface area (Å²) in [7, 11) is 0. The quantitative estimate of drug-likeness (QED) is 0.662. The molecule has 0 radical (unpaired) electrons. The Kier molecular flexibility index (Phi) is 4.65. The maximum absolute atomic E-state index is 13.7. The fraction of sp³-hybridized carbons (Fsp3) is 0.462. The Morgan fingerprint density at radius 3 is 2.50 bits per heavy atom. The van der Waals surface area contributed by atoms with Gasteiger partial charge in [0.1, 0.15) is 5.56 Å². The first-order valence-electron chi connectivity index (χ1n) is 5.96. The van der Waals surface area contributed by atoms with Gasteiger partial charge in [0.05, 0.1) is 17.6 Å². The van der Waals surface area contributed by atoms with Crippen LogP contribution in [-0.2, 0) is 0 Å². The summed E-state index contributed by atoms with van der Waals surface area (Å²) in [6.45, 7) is 6.12. The van der Waals surface area contributed by atoms with E-state index in [9.17, 15) is 19.3 Å². The molecule has 0 aliphatic rings. The first-order valence-corrected chi connectivity index (χ1v) is 5.96. The van der Waals surface area contributed by atoms with Crippen LogP contribution in [0.4, 0.5) is 10.1 Å². The highest BCUT2D eigenvalue weighted by atomic mass is 19.1. The highest BCUT2D eigenvalue weighted by Gasteiger charge is 2.24. The van der Waals surface area contributed by atoms with E-state index >= 15 is 0 Å². The number of carboxylic acids is 1. The average Bonchev–Trinajstić information content (AvgIpc) is 2.28. The van der Waals surface area contributed by atoms with E-state index in [2.05, 4.69) is 0 Å². The van der Waals surface area contributed by atoms with Crippen molar-refractivity contribution in [2.24, 2.45) is 5.41 Å². The first kappa shape index (κ1) is 15.9. The molecular weight excluding hydrogens is 269 g/mol. The molecule has 20 heavy (non-hydrogen) atoms. The van der Waals surface area contributed by atoms with Crippen molar-refractivity contribution in [2.45, 2.75) is 27.2 Å². The predicted octanol–water partition coefficient (Wildman–Crippen LogP) is 3.25. The van der Waals surface area contributed by atoms with E-state index in [-0.39, 0.29) is 17.8 Å². The van der Waals surface area contributed by atoms with Crippen LogP contribution in [0, 0.1) is 21.3 Å². The first-order chi connectivity index (χ1) is 9.11. The number of nitro benzene ring substituents is 1. The number of nitrogens with zero attached hydrogens (tertiary/aromatic N) is 1. The summed E-state index contributed by atoms with van der Waals surface area (Å²) in [5.41, 5.74) is -1.41. The number of carbonyl (C=O) groups is 1. The number of benzene rings is 1. The topological polar surface area (TPSA) is 89.7 Å². The van der Waals surface area contributed by atoms with E-state index in [1.165, 1.54) is 0 Å². The Morgan fingerprint density at radius 1 is 1.45 bits per heavy atom. The molecule has 0 saturated carbocycles. The van der Waals surface area contributed by atoms with E-state index in [1.54, 1.807) is 0 Å². The van der Waals surface area contributed by atoms with Gasteiger partial charge in [-0.05, 0) is 11.8 Å². The summed E-state index contributed by atoms with van der Waals surface area (Å²) >= 11 is 0. The van der Waals surface area contributed by atoms with E-state index in [0.29, 0.717) is 12.5 Å². The van der Waals surface area contributed by atoms with E-state index in [0.717, 1.165) is 6.07 Å². The zero-order valence-electron chi connectivity index (χ0n) is 11.5. The summed E-state index contributed by atoms with van der Waals surface area (Å²) in [4.78, 5) is 20.7. The van der Waals surface area contributed by atoms with Gasteiger partial charge in [0.15, 0.2) is 11.6 Å². The maximum atomic E-state index is 13.7. The molecular formula is C13H16FNO5. The summed E-state index contributed by atoms with van der Waals surface area (Å²) in [5.74, 6) is -2.75. The Balaban J connectivity index is 3.01. The van der Waals surface area contributed by atoms with Crippen molar-refractivity contribution in [1.29, 1.82) is 0 Å². The molecule has 1 rings (SSSR count). The summed E-state index contributed by atoms with van der Waals surface area (Å²) < 4.78 is 18.8. The normalized spacial score (nSPS) is 11.2. The second-order valence-electron chi connectivity index (χ2n) is 5.52. The molecule has 6 nitrogen and oxygen atoms in total. The highest BCUT2D eigenvalue weighted by Crippen LogP contribution is 2.28. The van der Waals surface area contributed by atoms with E-state index in [1.807, 2.05) is 20.8 Å². The minimum absolute atomic E-state index is 0.0210. The zero-order valence-corrected chi connectivity index (χ0v) is 11.5. The third-order valence-electron chi connectivity index (χ3n) is 2.59. The molecule has 0 atom stereocenters. The van der Waals surface area contributed by atoms with Crippen LogP contribution >= 0.6 is 0 Å². The molecule has 1 aromatic rings. The van der Waals surface area contributed by atoms with Crippen molar-refractivity contribution in [3.8, 4) is 5.75 Å². The van der Waals surface area contributed by atoms with Crippen molar-refractivity contribution >= 4 is 11.7 Å². The monoisotopic (exact) mass is 285 g/mol. The van der Waals surface area contributed by atoms with Gasteiger partial charge in [-0.3, -0.25) is 10.1 Å². The van der Waals surface area contributed by atoms with Gasteiger partial charge in [-0.2, -0.15) is 0 Å². The second kappa shape index (κ2) is 5.85. The Labute approximate surface area is 115 Å². The van der Waals surface area contributed by atoms with Crippen LogP contribution in [0.5, 0.6) is 5.75 Å². The number of carboxylic acid groups (broad SMARTS) is 1. The van der Waals surface area contributed by atoms with E-state index in [4.69, 9.17) is 9.84 Å². The molecule has 0 heterocycles. The van der Waals surface area contributed by atoms with Gasteiger partial charge in [-0.15, -0.1) is 0 Å². The van der Waals surface area contributed by atoms with Crippen LogP contribution in [-0.4, -0.2) is 22.6 Å². The van der Waals surface area contributed by atoms with Crippen LogP contribution in [0.15, 0.2) is 12.1 Å². The van der Waals surface area contributed by atoms with Gasteiger partial charge in [-0.25, -0.2) is 9.18 Å². The minimum atomic E-state index is -1.50. The van der Waals surface area contributed by atoms with Crippen molar-refractivity contribution in [3.63, 3.8) is 0 Å². The maximum Gasteiger partial charge on any atom is 0.342 e. The van der Waals surface area contributed by atoms with Gasteiger partial charge in [0, 0.05) is 6.07 Å². The summed E-state index contributed by atoms with van der Waals surface area (Å²) in [5, 5.41) is 19.6. The Bertz CT molecular complexity index is 536. The number of halogens is 1. The van der Waals surface area contributed by atoms with Gasteiger partial charge >= 0.3 is 5.97 Å². The van der Waals surface area contributed by atoms with Gasteiger partial charge < -0.3 is 9.84 Å². The fourth-order valence-corrected chi connectivity index (χ4v) is 1.44. The number of ether oxygens (including phenoxy) is 1. The highest BCUT2D eigenvalue weighted by molar-refractivity contribution is 5.92. The average molecular weight is 285 g/mol. The molecule has 0 aromatic heterocycles. The molecule has 0 amide bonds. The minimum Gasteiger partial charge on any atom is -0.490 e. The molecule has 1 aromatic carbocycles. The van der Waals surface area contributed by atoms with Crippen molar-refractivity contribution in [3.05, 3.63) is 33.6 Å². The van der Waals surface area contributed by atoms with Crippen molar-refractivity contribution < 1.29 is 24.0 Å². The number of rotatable bonds is 5. The molecule has 0 bridgehead atoms. The standard InChI is InChI=1S/C13H16FNO5/c1-13(2,3)4-5-20-11-6-8(12(16)17)10(15(18)19)7-9(11)14/h6-7H,4-5H2,1-3H3,(H,16,17). The molecule has 0 aliphatic carbocycles. The largest absolute Gasteiger partial charge is 0.490 e. The number of aromatic carboxylic acids is 1. The SMILES string of the molecule is CC(C)(C)CCOc1cc(C(=O)O)c([N+](=O)[O-])cc1F. The molecule has 110 valence electrons. The van der Waals surface area contributed by atoms with Crippen LogP contribution in [0.25, 0.3) is 0 Å². The number of hydrogen-bond donors (Lipinski definition) is 1. The lowest BCUT2D eigenvalue weighted by Gasteiger charge is -2.18. The van der Waals surface area contributed by atoms with Crippen LogP contribution in [0.2, 0.25) is 0 Å². The number of hydrogen-bond acceptors (Lipinski definition) is 4. The molecule has 0 aliphatic heterocycles. The Morgan fingerprint density at radius 2 is 2.05 bits per heavy atom. The molecule has 0 spiro atoms. The smallest absolute Gasteiger partial charge is 0.342 e. The van der Waals surface area contributed by atoms with Crippen molar-refractivity contribution in [2.75, 3.05) is 6.61 Å². The van der Waals surface area contributed by atoms with E-state index < -0.39 is 28.0 Å². The van der Waals surface area contributed by atoms with Crippen molar-refractivity contribution in [1.82, 2.24) is 0 Å². The molecule has 0 unspecified atom stereocenters.